The van der Waals surface area contributed by atoms with Crippen molar-refractivity contribution in [2.75, 3.05) is 13.7 Å². The van der Waals surface area contributed by atoms with Gasteiger partial charge in [-0.25, -0.2) is 4.79 Å². The third-order valence-corrected chi connectivity index (χ3v) is 4.66. The van der Waals surface area contributed by atoms with Gasteiger partial charge in [-0.3, -0.25) is 4.79 Å². The van der Waals surface area contributed by atoms with Crippen molar-refractivity contribution in [1.29, 1.82) is 0 Å². The van der Waals surface area contributed by atoms with Gasteiger partial charge < -0.3 is 14.1 Å². The highest BCUT2D eigenvalue weighted by atomic mass is 32.1. The molecule has 3 rings (SSSR count). The molecule has 0 atom stereocenters. The first-order chi connectivity index (χ1) is 11.5. The molecule has 0 fully saturated rings. The van der Waals surface area contributed by atoms with Crippen LogP contribution in [0, 0.1) is 6.92 Å². The molecule has 0 spiro atoms. The summed E-state index contributed by atoms with van der Waals surface area (Å²) in [6.07, 6.45) is 0. The highest BCUT2D eigenvalue weighted by molar-refractivity contribution is 7.20. The maximum atomic E-state index is 12.1. The van der Waals surface area contributed by atoms with E-state index in [1.165, 1.54) is 16.2 Å². The number of benzene rings is 1. The predicted octanol–water partition coefficient (Wildman–Crippen LogP) is 3.62. The minimum Gasteiger partial charge on any atom is -0.464 e. The first kappa shape index (κ1) is 16.3. The Bertz CT molecular complexity index is 847. The summed E-state index contributed by atoms with van der Waals surface area (Å²) >= 11 is 1.36. The van der Waals surface area contributed by atoms with Crippen LogP contribution in [0.2, 0.25) is 0 Å². The van der Waals surface area contributed by atoms with E-state index in [-0.39, 0.29) is 12.5 Å². The van der Waals surface area contributed by atoms with Crippen LogP contribution in [-0.2, 0) is 16.1 Å². The van der Waals surface area contributed by atoms with Crippen LogP contribution in [0.3, 0.4) is 0 Å². The van der Waals surface area contributed by atoms with Gasteiger partial charge in [0.25, 0.3) is 5.91 Å². The van der Waals surface area contributed by atoms with Gasteiger partial charge in [0.2, 0.25) is 0 Å². The molecule has 0 aliphatic carbocycles. The summed E-state index contributed by atoms with van der Waals surface area (Å²) < 4.78 is 11.6. The molecule has 0 radical (unpaired) electrons. The number of fused-ring (bicyclic) bond motifs is 1. The van der Waals surface area contributed by atoms with E-state index < -0.39 is 5.97 Å². The fourth-order valence-electron chi connectivity index (χ4n) is 2.28. The SMILES string of the molecule is Cc1ccc(CN(C)C(=O)COC(=O)c2cc3ccccc3s2)o1. The van der Waals surface area contributed by atoms with E-state index >= 15 is 0 Å². The fourth-order valence-corrected chi connectivity index (χ4v) is 3.24. The van der Waals surface area contributed by atoms with Gasteiger partial charge in [0.15, 0.2) is 6.61 Å². The van der Waals surface area contributed by atoms with Crippen LogP contribution < -0.4 is 0 Å². The van der Waals surface area contributed by atoms with Crippen molar-refractivity contribution in [2.24, 2.45) is 0 Å². The first-order valence-electron chi connectivity index (χ1n) is 7.48. The van der Waals surface area contributed by atoms with Gasteiger partial charge >= 0.3 is 5.97 Å². The van der Waals surface area contributed by atoms with Crippen LogP contribution >= 0.6 is 11.3 Å². The number of likely N-dealkylation sites (N-methyl/N-ethyl adjacent to an activating group) is 1. The molecule has 2 heterocycles. The zero-order chi connectivity index (χ0) is 17.1. The normalized spacial score (nSPS) is 10.8. The predicted molar refractivity (Wildman–Crippen MR) is 92.0 cm³/mol. The number of ether oxygens (including phenoxy) is 1. The summed E-state index contributed by atoms with van der Waals surface area (Å²) in [6.45, 7) is 1.90. The van der Waals surface area contributed by atoms with Crippen molar-refractivity contribution in [3.8, 4) is 0 Å². The molecular weight excluding hydrogens is 326 g/mol. The second-order valence-electron chi connectivity index (χ2n) is 5.49. The second kappa shape index (κ2) is 6.88. The Morgan fingerprint density at radius 3 is 2.71 bits per heavy atom. The highest BCUT2D eigenvalue weighted by Gasteiger charge is 2.16. The molecule has 3 aromatic rings. The quantitative estimate of drug-likeness (QED) is 0.664. The van der Waals surface area contributed by atoms with E-state index in [9.17, 15) is 9.59 Å². The average Bonchev–Trinajstić information content (AvgIpc) is 3.18. The van der Waals surface area contributed by atoms with Gasteiger partial charge in [-0.2, -0.15) is 0 Å². The maximum Gasteiger partial charge on any atom is 0.348 e. The average molecular weight is 343 g/mol. The number of esters is 1. The van der Waals surface area contributed by atoms with E-state index in [0.717, 1.165) is 15.8 Å². The minimum absolute atomic E-state index is 0.279. The maximum absolute atomic E-state index is 12.1. The fraction of sp³-hybridized carbons (Fsp3) is 0.222. The molecule has 0 unspecified atom stereocenters. The molecular formula is C18H17NO4S. The Hall–Kier alpha value is -2.60. The highest BCUT2D eigenvalue weighted by Crippen LogP contribution is 2.25. The van der Waals surface area contributed by atoms with Crippen LogP contribution in [0.4, 0.5) is 0 Å². The lowest BCUT2D eigenvalue weighted by molar-refractivity contribution is -0.133. The number of thiophene rings is 1. The van der Waals surface area contributed by atoms with Crippen molar-refractivity contribution in [3.05, 3.63) is 58.9 Å². The summed E-state index contributed by atoms with van der Waals surface area (Å²) in [4.78, 5) is 26.1. The Balaban J connectivity index is 1.56. The third kappa shape index (κ3) is 3.65. The molecule has 5 nitrogen and oxygen atoms in total. The van der Waals surface area contributed by atoms with Gasteiger partial charge in [0, 0.05) is 11.7 Å². The Morgan fingerprint density at radius 2 is 2.00 bits per heavy atom. The number of carbonyl (C=O) groups excluding carboxylic acids is 2. The molecule has 6 heteroatoms. The number of hydrogen-bond donors (Lipinski definition) is 0. The third-order valence-electron chi connectivity index (χ3n) is 3.57. The monoisotopic (exact) mass is 343 g/mol. The number of hydrogen-bond acceptors (Lipinski definition) is 5. The van der Waals surface area contributed by atoms with Crippen molar-refractivity contribution >= 4 is 33.3 Å². The lowest BCUT2D eigenvalue weighted by atomic mass is 10.2. The molecule has 0 N–H and O–H groups in total. The number of carbonyl (C=O) groups is 2. The van der Waals surface area contributed by atoms with Crippen molar-refractivity contribution < 1.29 is 18.7 Å². The van der Waals surface area contributed by atoms with Crippen LogP contribution in [0.15, 0.2) is 46.9 Å². The van der Waals surface area contributed by atoms with Gasteiger partial charge in [0.05, 0.1) is 6.54 Å². The smallest absolute Gasteiger partial charge is 0.348 e. The lowest BCUT2D eigenvalue weighted by Crippen LogP contribution is -2.30. The van der Waals surface area contributed by atoms with Crippen LogP contribution in [0.5, 0.6) is 0 Å². The van der Waals surface area contributed by atoms with Gasteiger partial charge in [-0.1, -0.05) is 18.2 Å². The molecule has 0 bridgehead atoms. The van der Waals surface area contributed by atoms with Crippen molar-refractivity contribution in [3.63, 3.8) is 0 Å². The molecule has 0 saturated heterocycles. The summed E-state index contributed by atoms with van der Waals surface area (Å²) in [6, 6.07) is 13.2. The van der Waals surface area contributed by atoms with E-state index in [1.54, 1.807) is 13.1 Å². The zero-order valence-electron chi connectivity index (χ0n) is 13.4. The molecule has 1 amide bonds. The van der Waals surface area contributed by atoms with Crippen molar-refractivity contribution in [1.82, 2.24) is 4.90 Å². The van der Waals surface area contributed by atoms with E-state index in [4.69, 9.17) is 9.15 Å². The standard InChI is InChI=1S/C18H17NO4S/c1-12-7-8-14(23-12)10-19(2)17(20)11-22-18(21)16-9-13-5-3-4-6-15(13)24-16/h3-9H,10-11H2,1-2H3. The molecule has 0 aliphatic rings. The zero-order valence-corrected chi connectivity index (χ0v) is 14.3. The topological polar surface area (TPSA) is 59.8 Å². The molecule has 24 heavy (non-hydrogen) atoms. The molecule has 1 aromatic carbocycles. The largest absolute Gasteiger partial charge is 0.464 e. The van der Waals surface area contributed by atoms with E-state index in [0.29, 0.717) is 17.2 Å². The second-order valence-corrected chi connectivity index (χ2v) is 6.57. The van der Waals surface area contributed by atoms with Crippen LogP contribution in [0.25, 0.3) is 10.1 Å². The van der Waals surface area contributed by atoms with Crippen LogP contribution in [0.1, 0.15) is 21.2 Å². The molecule has 0 aliphatic heterocycles. The van der Waals surface area contributed by atoms with Gasteiger partial charge in [-0.15, -0.1) is 11.3 Å². The summed E-state index contributed by atoms with van der Waals surface area (Å²) in [7, 11) is 1.65. The van der Waals surface area contributed by atoms with Crippen LogP contribution in [-0.4, -0.2) is 30.4 Å². The number of rotatable bonds is 5. The van der Waals surface area contributed by atoms with Crippen molar-refractivity contribution in [2.45, 2.75) is 13.5 Å². The van der Waals surface area contributed by atoms with Gasteiger partial charge in [-0.05, 0) is 36.6 Å². The summed E-state index contributed by atoms with van der Waals surface area (Å²) in [5.74, 6) is 0.728. The number of furan rings is 1. The lowest BCUT2D eigenvalue weighted by Gasteiger charge is -2.15. The number of nitrogens with zero attached hydrogens (tertiary/aromatic N) is 1. The Labute approximate surface area is 143 Å². The minimum atomic E-state index is -0.480. The van der Waals surface area contributed by atoms with E-state index in [1.807, 2.05) is 43.3 Å². The first-order valence-corrected chi connectivity index (χ1v) is 8.29. The summed E-state index contributed by atoms with van der Waals surface area (Å²) in [5, 5.41) is 0.992. The Morgan fingerprint density at radius 1 is 1.21 bits per heavy atom. The Kier molecular flexibility index (Phi) is 4.66. The molecule has 2 aromatic heterocycles. The molecule has 124 valence electrons. The summed E-state index contributed by atoms with van der Waals surface area (Å²) in [5.41, 5.74) is 0. The van der Waals surface area contributed by atoms with E-state index in [2.05, 4.69) is 0 Å². The number of amides is 1. The molecule has 0 saturated carbocycles. The number of aryl methyl sites for hydroxylation is 1. The van der Waals surface area contributed by atoms with Gasteiger partial charge in [0.1, 0.15) is 16.4 Å².